The van der Waals surface area contributed by atoms with Gasteiger partial charge in [-0.3, -0.25) is 4.99 Å². The molecule has 0 aromatic heterocycles. The quantitative estimate of drug-likeness (QED) is 0.860. The van der Waals surface area contributed by atoms with Crippen LogP contribution in [0.5, 0.6) is 0 Å². The van der Waals surface area contributed by atoms with Crippen LogP contribution in [0, 0.1) is 6.92 Å². The largest absolute Gasteiger partial charge is 0.414 e. The molecule has 20 heavy (non-hydrogen) atoms. The van der Waals surface area contributed by atoms with Gasteiger partial charge in [0.1, 0.15) is 11.9 Å². The molecule has 2 heterocycles. The van der Waals surface area contributed by atoms with E-state index in [9.17, 15) is 13.2 Å². The maximum Gasteiger partial charge on any atom is 0.414 e. The molecule has 108 valence electrons. The molecule has 1 N–H and O–H groups in total. The molecule has 3 nitrogen and oxygen atoms in total. The molecule has 0 bridgehead atoms. The Kier molecular flexibility index (Phi) is 3.20. The number of benzene rings is 1. The molecule has 0 amide bonds. The van der Waals surface area contributed by atoms with Crippen molar-refractivity contribution < 1.29 is 17.9 Å². The fourth-order valence-electron chi connectivity index (χ4n) is 2.72. The van der Waals surface area contributed by atoms with Crippen LogP contribution in [0.15, 0.2) is 23.2 Å². The third kappa shape index (κ3) is 2.28. The van der Waals surface area contributed by atoms with E-state index in [0.717, 1.165) is 16.7 Å². The number of aryl methyl sites for hydroxylation is 1. The molecule has 2 atom stereocenters. The zero-order chi connectivity index (χ0) is 14.3. The molecule has 1 aromatic rings. The van der Waals surface area contributed by atoms with Gasteiger partial charge in [0.25, 0.3) is 0 Å². The molecule has 0 fully saturated rings. The summed E-state index contributed by atoms with van der Waals surface area (Å²) in [5.74, 6) is 0.505. The summed E-state index contributed by atoms with van der Waals surface area (Å²) in [5, 5.41) is 3.02. The highest BCUT2D eigenvalue weighted by Gasteiger charge is 2.46. The molecular formula is C14H15F3N2O. The number of rotatable bonds is 1. The summed E-state index contributed by atoms with van der Waals surface area (Å²) in [4.78, 5) is 4.22. The minimum absolute atomic E-state index is 0.130. The third-order valence-corrected chi connectivity index (χ3v) is 3.73. The zero-order valence-corrected chi connectivity index (χ0v) is 11.0. The Hall–Kier alpha value is -1.56. The summed E-state index contributed by atoms with van der Waals surface area (Å²) in [5.41, 5.74) is 2.38. The highest BCUT2D eigenvalue weighted by atomic mass is 19.4. The van der Waals surface area contributed by atoms with Gasteiger partial charge in [-0.2, -0.15) is 13.2 Å². The Morgan fingerprint density at radius 2 is 2.15 bits per heavy atom. The number of alkyl halides is 3. The predicted molar refractivity (Wildman–Crippen MR) is 68.9 cm³/mol. The van der Waals surface area contributed by atoms with Crippen LogP contribution in [0.25, 0.3) is 0 Å². The summed E-state index contributed by atoms with van der Waals surface area (Å²) < 4.78 is 44.4. The Bertz CT molecular complexity index is 554. The smallest absolute Gasteiger partial charge is 0.369 e. The minimum atomic E-state index is -4.36. The number of hydrogen-bond acceptors (Lipinski definition) is 3. The van der Waals surface area contributed by atoms with Crippen molar-refractivity contribution in [2.24, 2.45) is 4.99 Å². The van der Waals surface area contributed by atoms with Gasteiger partial charge in [0.15, 0.2) is 6.10 Å². The normalized spacial score (nSPS) is 25.9. The average molecular weight is 284 g/mol. The maximum absolute atomic E-state index is 13.0. The summed E-state index contributed by atoms with van der Waals surface area (Å²) in [6.07, 6.45) is -7.01. The Morgan fingerprint density at radius 1 is 1.35 bits per heavy atom. The SMILES string of the molecule is Cc1cccc2c1CC(C(F)(F)F)OC2C1=NCCN1. The van der Waals surface area contributed by atoms with Gasteiger partial charge in [0.2, 0.25) is 0 Å². The first-order chi connectivity index (χ1) is 9.47. The fraction of sp³-hybridized carbons (Fsp3) is 0.500. The van der Waals surface area contributed by atoms with Gasteiger partial charge in [-0.25, -0.2) is 0 Å². The van der Waals surface area contributed by atoms with Crippen LogP contribution in [-0.2, 0) is 11.2 Å². The third-order valence-electron chi connectivity index (χ3n) is 3.73. The monoisotopic (exact) mass is 284 g/mol. The molecule has 0 saturated carbocycles. The van der Waals surface area contributed by atoms with Gasteiger partial charge in [-0.15, -0.1) is 0 Å². The topological polar surface area (TPSA) is 33.6 Å². The lowest BCUT2D eigenvalue weighted by molar-refractivity contribution is -0.230. The molecule has 2 unspecified atom stereocenters. The van der Waals surface area contributed by atoms with E-state index < -0.39 is 18.4 Å². The van der Waals surface area contributed by atoms with Crippen LogP contribution in [0.3, 0.4) is 0 Å². The van der Waals surface area contributed by atoms with Crippen LogP contribution in [0.1, 0.15) is 22.8 Å². The van der Waals surface area contributed by atoms with E-state index >= 15 is 0 Å². The number of hydrogen-bond donors (Lipinski definition) is 1. The Morgan fingerprint density at radius 3 is 2.80 bits per heavy atom. The maximum atomic E-state index is 13.0. The van der Waals surface area contributed by atoms with Crippen molar-refractivity contribution >= 4 is 5.84 Å². The second-order valence-corrected chi connectivity index (χ2v) is 5.09. The standard InChI is InChI=1S/C14H15F3N2O/c1-8-3-2-4-9-10(8)7-11(14(15,16)17)20-12(9)13-18-5-6-19-13/h2-4,11-12H,5-7H2,1H3,(H,18,19). The number of fused-ring (bicyclic) bond motifs is 1. The molecular weight excluding hydrogens is 269 g/mol. The number of aliphatic imine (C=N–C) groups is 1. The van der Waals surface area contributed by atoms with Crippen molar-refractivity contribution in [3.63, 3.8) is 0 Å². The first kappa shape index (κ1) is 13.4. The second kappa shape index (κ2) is 4.77. The molecule has 6 heteroatoms. The van der Waals surface area contributed by atoms with Crippen molar-refractivity contribution in [2.45, 2.75) is 31.7 Å². The molecule has 0 radical (unpaired) electrons. The lowest BCUT2D eigenvalue weighted by atomic mass is 9.90. The molecule has 0 saturated heterocycles. The summed E-state index contributed by atoms with van der Waals surface area (Å²) in [6.45, 7) is 3.05. The second-order valence-electron chi connectivity index (χ2n) is 5.09. The fourth-order valence-corrected chi connectivity index (χ4v) is 2.72. The molecule has 0 spiro atoms. The summed E-state index contributed by atoms with van der Waals surface area (Å²) >= 11 is 0. The highest BCUT2D eigenvalue weighted by molar-refractivity contribution is 5.89. The van der Waals surface area contributed by atoms with Crippen LogP contribution in [0.4, 0.5) is 13.2 Å². The Labute approximate surface area is 114 Å². The van der Waals surface area contributed by atoms with Crippen LogP contribution in [0.2, 0.25) is 0 Å². The molecule has 1 aromatic carbocycles. The van der Waals surface area contributed by atoms with Crippen molar-refractivity contribution in [2.75, 3.05) is 13.1 Å². The number of nitrogens with one attached hydrogen (secondary N) is 1. The van der Waals surface area contributed by atoms with Crippen LogP contribution in [-0.4, -0.2) is 31.2 Å². The van der Waals surface area contributed by atoms with Gasteiger partial charge < -0.3 is 10.1 Å². The number of amidine groups is 1. The van der Waals surface area contributed by atoms with Gasteiger partial charge in [-0.1, -0.05) is 18.2 Å². The van der Waals surface area contributed by atoms with Crippen LogP contribution < -0.4 is 5.32 Å². The van der Waals surface area contributed by atoms with Crippen LogP contribution >= 0.6 is 0 Å². The van der Waals surface area contributed by atoms with Crippen molar-refractivity contribution in [1.82, 2.24) is 5.32 Å². The molecule has 2 aliphatic rings. The van der Waals surface area contributed by atoms with E-state index in [0.29, 0.717) is 18.9 Å². The van der Waals surface area contributed by atoms with E-state index in [2.05, 4.69) is 10.3 Å². The molecule has 3 rings (SSSR count). The van der Waals surface area contributed by atoms with E-state index in [4.69, 9.17) is 4.74 Å². The van der Waals surface area contributed by atoms with E-state index in [1.54, 1.807) is 0 Å². The van der Waals surface area contributed by atoms with Crippen molar-refractivity contribution in [3.05, 3.63) is 34.9 Å². The lowest BCUT2D eigenvalue weighted by Gasteiger charge is -2.34. The van der Waals surface area contributed by atoms with E-state index in [-0.39, 0.29) is 6.42 Å². The number of ether oxygens (including phenoxy) is 1. The van der Waals surface area contributed by atoms with Gasteiger partial charge in [0.05, 0.1) is 6.54 Å². The van der Waals surface area contributed by atoms with Gasteiger partial charge in [0, 0.05) is 13.0 Å². The number of nitrogens with zero attached hydrogens (tertiary/aromatic N) is 1. The summed E-state index contributed by atoms with van der Waals surface area (Å²) in [7, 11) is 0. The average Bonchev–Trinajstić information content (AvgIpc) is 2.91. The highest BCUT2D eigenvalue weighted by Crippen LogP contribution is 2.38. The first-order valence-electron chi connectivity index (χ1n) is 6.55. The lowest BCUT2D eigenvalue weighted by Crippen LogP contribution is -2.42. The minimum Gasteiger partial charge on any atom is -0.369 e. The van der Waals surface area contributed by atoms with Gasteiger partial charge in [-0.05, 0) is 23.6 Å². The van der Waals surface area contributed by atoms with Crippen molar-refractivity contribution in [3.8, 4) is 0 Å². The Balaban J connectivity index is 2.04. The van der Waals surface area contributed by atoms with E-state index in [1.807, 2.05) is 25.1 Å². The van der Waals surface area contributed by atoms with Crippen molar-refractivity contribution in [1.29, 1.82) is 0 Å². The number of halogens is 3. The van der Waals surface area contributed by atoms with Gasteiger partial charge >= 0.3 is 6.18 Å². The molecule has 0 aliphatic carbocycles. The summed E-state index contributed by atoms with van der Waals surface area (Å²) in [6, 6.07) is 5.49. The zero-order valence-electron chi connectivity index (χ0n) is 11.0. The van der Waals surface area contributed by atoms with E-state index in [1.165, 1.54) is 0 Å². The first-order valence-corrected chi connectivity index (χ1v) is 6.55. The predicted octanol–water partition coefficient (Wildman–Crippen LogP) is 2.54. The molecule has 2 aliphatic heterocycles.